The summed E-state index contributed by atoms with van der Waals surface area (Å²) in [7, 11) is 1.00. The van der Waals surface area contributed by atoms with Crippen molar-refractivity contribution < 1.29 is 162 Å². The summed E-state index contributed by atoms with van der Waals surface area (Å²) < 4.78 is 47.0. The minimum atomic E-state index is -4.90. The molecule has 294 valence electrons. The number of benzene rings is 2. The topological polar surface area (TPSA) is 184 Å². The van der Waals surface area contributed by atoms with Crippen molar-refractivity contribution in [1.82, 2.24) is 5.32 Å². The maximum atomic E-state index is 12.1. The molecule has 0 unspecified atom stereocenters. The van der Waals surface area contributed by atoms with Gasteiger partial charge in [-0.1, -0.05) is 89.2 Å². The van der Waals surface area contributed by atoms with Crippen molar-refractivity contribution in [1.29, 1.82) is 0 Å². The Labute approximate surface area is 404 Å². The minimum absolute atomic E-state index is 0. The van der Waals surface area contributed by atoms with Gasteiger partial charge in [0.05, 0.1) is 6.54 Å². The largest absolute Gasteiger partial charge is 1.00 e. The molecule has 0 fully saturated rings. The summed E-state index contributed by atoms with van der Waals surface area (Å²) in [6.45, 7) is 8.51. The SMILES string of the molecule is CCCC(O)(C#Cc1cccc(OCCN)c1)CCC.CCCC(O)(C#Cc1cccc(OCCNC(=O)C(F)(F)F)c1)CCC.CO.O=CO[O-].[H-].[K+].[K+]. The first kappa shape index (κ1) is 59.7. The second-order valence-corrected chi connectivity index (χ2v) is 11.1. The number of nitrogens with one attached hydrogen (secondary N) is 1. The molecule has 0 aliphatic heterocycles. The van der Waals surface area contributed by atoms with Gasteiger partial charge in [-0.3, -0.25) is 9.59 Å². The standard InChI is InChI=1S/C19H24F3NO3.C17H25NO2.CH2O3.CH4O.2K.H/c1-3-9-18(25,10-4-2)11-8-15-6-5-7-16(14-15)26-13-12-23-17(24)19(20,21)22;1-3-9-17(19,10-4-2)11-8-15-6-5-7-16(14-15)20-13-12-18;2-1-4-3;1-2;;;/h5-7,14,25H,3-4,9-10,12-13H2,1-2H3,(H,23,24);5-7,14,19H,3-4,9-10,12-13,18H2,1-2H3;1,3H;2H,1H3;;;/q;;;;2*+1;-1/p-1. The molecule has 0 aromatic heterocycles. The van der Waals surface area contributed by atoms with E-state index in [9.17, 15) is 28.2 Å². The van der Waals surface area contributed by atoms with Crippen LogP contribution < -0.4 is 129 Å². The summed E-state index contributed by atoms with van der Waals surface area (Å²) in [6.07, 6.45) is 1.16. The monoisotopic (exact) mass is 818 g/mol. The summed E-state index contributed by atoms with van der Waals surface area (Å²) in [5.74, 6) is 11.1. The summed E-state index contributed by atoms with van der Waals surface area (Å²) in [5.41, 5.74) is 4.99. The van der Waals surface area contributed by atoms with Crippen LogP contribution in [0.1, 0.15) is 91.6 Å². The van der Waals surface area contributed by atoms with Crippen molar-refractivity contribution in [2.24, 2.45) is 5.73 Å². The molecule has 6 N–H and O–H groups in total. The number of nitrogens with two attached hydrogens (primary N) is 1. The second kappa shape index (κ2) is 36.3. The molecule has 54 heavy (non-hydrogen) atoms. The molecule has 0 aliphatic rings. The van der Waals surface area contributed by atoms with E-state index in [0.29, 0.717) is 50.1 Å². The smallest absolute Gasteiger partial charge is 1.00 e. The maximum Gasteiger partial charge on any atom is 1.00 e. The number of rotatable bonds is 16. The summed E-state index contributed by atoms with van der Waals surface area (Å²) in [4.78, 5) is 21.9. The fourth-order valence-corrected chi connectivity index (χ4v) is 4.47. The number of aliphatic hydroxyl groups is 3. The third-order valence-corrected chi connectivity index (χ3v) is 6.54. The van der Waals surface area contributed by atoms with Crippen molar-refractivity contribution in [3.8, 4) is 35.2 Å². The number of halogens is 3. The molecule has 1 amide bonds. The predicted molar refractivity (Wildman–Crippen MR) is 192 cm³/mol. The minimum Gasteiger partial charge on any atom is -1.00 e. The van der Waals surface area contributed by atoms with Gasteiger partial charge in [0.2, 0.25) is 0 Å². The molecular weight excluding hydrogens is 764 g/mol. The molecule has 0 aliphatic carbocycles. The summed E-state index contributed by atoms with van der Waals surface area (Å²) in [6, 6.07) is 14.3. The zero-order chi connectivity index (χ0) is 39.9. The fraction of sp³-hybridized carbons (Fsp3) is 0.526. The van der Waals surface area contributed by atoms with Gasteiger partial charge in [0.25, 0.3) is 6.47 Å². The van der Waals surface area contributed by atoms with Crippen molar-refractivity contribution in [3.05, 3.63) is 59.7 Å². The molecule has 11 nitrogen and oxygen atoms in total. The van der Waals surface area contributed by atoms with Crippen LogP contribution in [0.15, 0.2) is 48.5 Å². The number of amides is 1. The zero-order valence-corrected chi connectivity index (χ0v) is 38.9. The Morgan fingerprint density at radius 2 is 1.19 bits per heavy atom. The van der Waals surface area contributed by atoms with Crippen LogP contribution in [-0.4, -0.2) is 78.5 Å². The Balaban J connectivity index is -0.000000258. The Kier molecular flexibility index (Phi) is 40.1. The van der Waals surface area contributed by atoms with Crippen molar-refractivity contribution in [3.63, 3.8) is 0 Å². The first-order chi connectivity index (χ1) is 24.7. The van der Waals surface area contributed by atoms with Crippen molar-refractivity contribution >= 4 is 12.4 Å². The van der Waals surface area contributed by atoms with Crippen LogP contribution >= 0.6 is 0 Å². The van der Waals surface area contributed by atoms with Crippen LogP contribution in [0.25, 0.3) is 0 Å². The van der Waals surface area contributed by atoms with Crippen LogP contribution in [0.4, 0.5) is 13.2 Å². The van der Waals surface area contributed by atoms with E-state index >= 15 is 0 Å². The van der Waals surface area contributed by atoms with E-state index < -0.39 is 23.3 Å². The van der Waals surface area contributed by atoms with E-state index in [2.05, 4.69) is 42.4 Å². The Morgan fingerprint density at radius 3 is 1.50 bits per heavy atom. The van der Waals surface area contributed by atoms with Crippen LogP contribution in [0.3, 0.4) is 0 Å². The number of ether oxygens (including phenoxy) is 2. The number of carbonyl (C=O) groups excluding carboxylic acids is 2. The Bertz CT molecular complexity index is 1390. The summed E-state index contributed by atoms with van der Waals surface area (Å²) in [5, 5.41) is 38.1. The number of alkyl halides is 3. The van der Waals surface area contributed by atoms with Crippen LogP contribution in [0, 0.1) is 23.7 Å². The molecule has 16 heteroatoms. The molecule has 0 bridgehead atoms. The average Bonchev–Trinajstić information content (AvgIpc) is 3.12. The van der Waals surface area contributed by atoms with E-state index in [4.69, 9.17) is 30.4 Å². The molecular formula is C38H55F3K2N2O9. The third-order valence-electron chi connectivity index (χ3n) is 6.54. The van der Waals surface area contributed by atoms with Gasteiger partial charge in [0.1, 0.15) is 35.9 Å². The van der Waals surface area contributed by atoms with E-state index in [1.54, 1.807) is 29.6 Å². The van der Waals surface area contributed by atoms with Gasteiger partial charge in [-0.2, -0.15) is 13.2 Å². The predicted octanol–water partition coefficient (Wildman–Crippen LogP) is -1.70. The van der Waals surface area contributed by atoms with Crippen LogP contribution in [-0.2, 0) is 14.5 Å². The Hall–Kier alpha value is -1.04. The van der Waals surface area contributed by atoms with Gasteiger partial charge in [0, 0.05) is 24.8 Å². The van der Waals surface area contributed by atoms with Gasteiger partial charge >= 0.3 is 115 Å². The molecule has 2 aromatic carbocycles. The first-order valence-corrected chi connectivity index (χ1v) is 16.9. The number of aliphatic hydroxyl groups excluding tert-OH is 1. The van der Waals surface area contributed by atoms with E-state index in [-0.39, 0.29) is 124 Å². The molecule has 2 aromatic rings. The molecule has 0 spiro atoms. The Morgan fingerprint density at radius 1 is 0.815 bits per heavy atom. The average molecular weight is 819 g/mol. The molecule has 0 atom stereocenters. The maximum absolute atomic E-state index is 12.1. The van der Waals surface area contributed by atoms with Gasteiger partial charge in [-0.15, -0.1) is 0 Å². The molecule has 0 saturated heterocycles. The number of hydrogen-bond donors (Lipinski definition) is 5. The van der Waals surface area contributed by atoms with Crippen LogP contribution in [0.2, 0.25) is 0 Å². The van der Waals surface area contributed by atoms with Gasteiger partial charge in [-0.05, 0) is 62.1 Å². The quantitative estimate of drug-likeness (QED) is 0.0327. The zero-order valence-electron chi connectivity index (χ0n) is 33.7. The number of carbonyl (C=O) groups is 2. The first-order valence-electron chi connectivity index (χ1n) is 16.9. The van der Waals surface area contributed by atoms with E-state index in [0.717, 1.165) is 44.1 Å². The molecule has 2 rings (SSSR count). The van der Waals surface area contributed by atoms with E-state index in [1.807, 2.05) is 38.1 Å². The van der Waals surface area contributed by atoms with Gasteiger partial charge in [-0.25, -0.2) is 0 Å². The normalized spacial score (nSPS) is 10.0. The molecule has 0 radical (unpaired) electrons. The van der Waals surface area contributed by atoms with Crippen LogP contribution in [0.5, 0.6) is 11.5 Å². The van der Waals surface area contributed by atoms with Crippen molar-refractivity contribution in [2.45, 2.75) is 96.4 Å². The third kappa shape index (κ3) is 30.1. The second-order valence-electron chi connectivity index (χ2n) is 11.1. The van der Waals surface area contributed by atoms with E-state index in [1.165, 1.54) is 0 Å². The van der Waals surface area contributed by atoms with Gasteiger partial charge in [0.15, 0.2) is 0 Å². The molecule has 0 saturated carbocycles. The van der Waals surface area contributed by atoms with Gasteiger partial charge < -0.3 is 47.4 Å². The summed E-state index contributed by atoms with van der Waals surface area (Å²) >= 11 is 0. The number of hydrogen-bond acceptors (Lipinski definition) is 10. The molecule has 0 heterocycles. The van der Waals surface area contributed by atoms with Crippen molar-refractivity contribution in [2.75, 3.05) is 33.4 Å². The fourth-order valence-electron chi connectivity index (χ4n) is 4.47.